The van der Waals surface area contributed by atoms with Gasteiger partial charge in [0, 0.05) is 30.4 Å². The number of rotatable bonds is 9. The Morgan fingerprint density at radius 2 is 2.11 bits per heavy atom. The molecule has 35 heavy (non-hydrogen) atoms. The Bertz CT molecular complexity index is 1250. The summed E-state index contributed by atoms with van der Waals surface area (Å²) in [5, 5.41) is 25.8. The summed E-state index contributed by atoms with van der Waals surface area (Å²) >= 11 is 0. The third kappa shape index (κ3) is 5.61. The number of fused-ring (bicyclic) bond motifs is 1. The topological polar surface area (TPSA) is 125 Å². The number of nitrogens with one attached hydrogen (secondary N) is 1. The van der Waals surface area contributed by atoms with E-state index in [0.29, 0.717) is 35.3 Å². The lowest BCUT2D eigenvalue weighted by Gasteiger charge is -2.29. The molecule has 0 fully saturated rings. The third-order valence-corrected chi connectivity index (χ3v) is 5.88. The Morgan fingerprint density at radius 1 is 1.29 bits per heavy atom. The van der Waals surface area contributed by atoms with E-state index in [4.69, 9.17) is 14.4 Å². The van der Waals surface area contributed by atoms with E-state index in [2.05, 4.69) is 33.7 Å². The van der Waals surface area contributed by atoms with Gasteiger partial charge >= 0.3 is 5.97 Å². The number of aromatic nitrogens is 2. The lowest BCUT2D eigenvalue weighted by Crippen LogP contribution is -2.26. The number of hydrogen-bond donors (Lipinski definition) is 2. The van der Waals surface area contributed by atoms with Crippen LogP contribution < -0.4 is 15.0 Å². The molecule has 1 aliphatic rings. The molecule has 0 bridgehead atoms. The predicted octanol–water partition coefficient (Wildman–Crippen LogP) is 4.61. The summed E-state index contributed by atoms with van der Waals surface area (Å²) in [6.07, 6.45) is 1.94. The molecular formula is C26H29N5O4. The van der Waals surface area contributed by atoms with Gasteiger partial charge < -0.3 is 24.6 Å². The fraction of sp³-hybridized carbons (Fsp3) is 0.385. The number of benzene rings is 2. The van der Waals surface area contributed by atoms with Crippen molar-refractivity contribution in [3.8, 4) is 23.3 Å². The predicted molar refractivity (Wildman–Crippen MR) is 131 cm³/mol. The molecule has 1 atom stereocenters. The van der Waals surface area contributed by atoms with Gasteiger partial charge in [0.25, 0.3) is 11.8 Å². The summed E-state index contributed by atoms with van der Waals surface area (Å²) in [7, 11) is 0. The highest BCUT2D eigenvalue weighted by Crippen LogP contribution is 2.35. The molecule has 0 aliphatic carbocycles. The van der Waals surface area contributed by atoms with Gasteiger partial charge in [0.15, 0.2) is 0 Å². The number of hydrogen-bond acceptors (Lipinski definition) is 8. The van der Waals surface area contributed by atoms with Crippen molar-refractivity contribution >= 4 is 17.6 Å². The smallest absolute Gasteiger partial charge is 0.304 e. The number of ether oxygens (including phenoxy) is 1. The number of nitrogens with zero attached hydrogens (tertiary/aromatic N) is 4. The second-order valence-electron chi connectivity index (χ2n) is 8.85. The normalized spacial score (nSPS) is 13.9. The van der Waals surface area contributed by atoms with E-state index >= 15 is 0 Å². The molecule has 4 rings (SSSR count). The Morgan fingerprint density at radius 3 is 2.86 bits per heavy atom. The van der Waals surface area contributed by atoms with Crippen molar-refractivity contribution in [2.45, 2.75) is 52.2 Å². The van der Waals surface area contributed by atoms with E-state index in [0.717, 1.165) is 30.6 Å². The number of carboxylic acids is 1. The first kappa shape index (κ1) is 24.2. The first-order chi connectivity index (χ1) is 16.9. The molecule has 1 aromatic heterocycles. The number of anilines is 2. The molecule has 3 aromatic rings. The largest absolute Gasteiger partial charge is 0.490 e. The highest BCUT2D eigenvalue weighted by molar-refractivity contribution is 5.67. The average molecular weight is 476 g/mol. The number of aliphatic carboxylic acids is 1. The van der Waals surface area contributed by atoms with Gasteiger partial charge in [-0.05, 0) is 74.2 Å². The molecule has 0 radical (unpaired) electrons. The standard InChI is InChI=1S/C26H29N5O4/c1-16(2)34-23-9-7-20(14-21(23)15-27)25-29-26(30-35-25)31-12-4-5-19-13-18(6-8-22(19)31)17(3)28-11-10-24(32)33/h6-9,13-14,16-17,28H,4-5,10-12H2,1-3H3,(H,32,33). The van der Waals surface area contributed by atoms with Crippen LogP contribution in [0.4, 0.5) is 11.6 Å². The average Bonchev–Trinajstić information content (AvgIpc) is 3.33. The summed E-state index contributed by atoms with van der Waals surface area (Å²) in [4.78, 5) is 17.4. The number of carbonyl (C=O) groups is 1. The van der Waals surface area contributed by atoms with E-state index < -0.39 is 5.97 Å². The van der Waals surface area contributed by atoms with Crippen molar-refractivity contribution in [2.75, 3.05) is 18.0 Å². The van der Waals surface area contributed by atoms with Crippen LogP contribution in [-0.4, -0.2) is 40.4 Å². The summed E-state index contributed by atoms with van der Waals surface area (Å²) in [5.41, 5.74) is 4.40. The van der Waals surface area contributed by atoms with Crippen molar-refractivity contribution in [3.05, 3.63) is 53.1 Å². The molecule has 9 nitrogen and oxygen atoms in total. The first-order valence-electron chi connectivity index (χ1n) is 11.8. The summed E-state index contributed by atoms with van der Waals surface area (Å²) in [6, 6.07) is 13.7. The van der Waals surface area contributed by atoms with Gasteiger partial charge in [-0.2, -0.15) is 10.2 Å². The zero-order chi connectivity index (χ0) is 24.9. The molecule has 0 saturated heterocycles. The van der Waals surface area contributed by atoms with Crippen LogP contribution >= 0.6 is 0 Å². The fourth-order valence-electron chi connectivity index (χ4n) is 4.16. The lowest BCUT2D eigenvalue weighted by molar-refractivity contribution is -0.136. The molecule has 9 heteroatoms. The van der Waals surface area contributed by atoms with Crippen LogP contribution in [-0.2, 0) is 11.2 Å². The second-order valence-corrected chi connectivity index (χ2v) is 8.85. The zero-order valence-corrected chi connectivity index (χ0v) is 20.1. The molecule has 182 valence electrons. The highest BCUT2D eigenvalue weighted by Gasteiger charge is 2.24. The fourth-order valence-corrected chi connectivity index (χ4v) is 4.16. The van der Waals surface area contributed by atoms with Crippen LogP contribution in [0.2, 0.25) is 0 Å². The zero-order valence-electron chi connectivity index (χ0n) is 20.1. The first-order valence-corrected chi connectivity index (χ1v) is 11.8. The van der Waals surface area contributed by atoms with Gasteiger partial charge in [-0.3, -0.25) is 4.79 Å². The summed E-state index contributed by atoms with van der Waals surface area (Å²) < 4.78 is 11.3. The van der Waals surface area contributed by atoms with Gasteiger partial charge in [0.2, 0.25) is 0 Å². The van der Waals surface area contributed by atoms with Crippen molar-refractivity contribution in [2.24, 2.45) is 0 Å². The number of nitriles is 1. The Hall–Kier alpha value is -3.90. The highest BCUT2D eigenvalue weighted by atomic mass is 16.5. The van der Waals surface area contributed by atoms with Crippen LogP contribution in [0.3, 0.4) is 0 Å². The van der Waals surface area contributed by atoms with Crippen molar-refractivity contribution < 1.29 is 19.2 Å². The Balaban J connectivity index is 1.54. The molecule has 0 saturated carbocycles. The minimum atomic E-state index is -0.811. The monoisotopic (exact) mass is 475 g/mol. The van der Waals surface area contributed by atoms with Crippen LogP contribution in [0.15, 0.2) is 40.9 Å². The quantitative estimate of drug-likeness (QED) is 0.456. The molecule has 0 amide bonds. The van der Waals surface area contributed by atoms with E-state index in [9.17, 15) is 10.1 Å². The van der Waals surface area contributed by atoms with Gasteiger partial charge in [0.05, 0.1) is 18.1 Å². The third-order valence-electron chi connectivity index (χ3n) is 5.88. The molecule has 2 aromatic carbocycles. The van der Waals surface area contributed by atoms with Gasteiger partial charge in [-0.1, -0.05) is 12.1 Å². The molecule has 2 heterocycles. The number of aryl methyl sites for hydroxylation is 1. The summed E-state index contributed by atoms with van der Waals surface area (Å²) in [6.45, 7) is 7.04. The Kier molecular flexibility index (Phi) is 7.32. The molecule has 2 N–H and O–H groups in total. The van der Waals surface area contributed by atoms with Crippen LogP contribution in [0.1, 0.15) is 56.3 Å². The summed E-state index contributed by atoms with van der Waals surface area (Å²) in [5.74, 6) is 0.530. The van der Waals surface area contributed by atoms with Crippen molar-refractivity contribution in [1.29, 1.82) is 5.26 Å². The number of carboxylic acid groups (broad SMARTS) is 1. The second kappa shape index (κ2) is 10.6. The van der Waals surface area contributed by atoms with Crippen molar-refractivity contribution in [1.82, 2.24) is 15.5 Å². The van der Waals surface area contributed by atoms with E-state index in [1.54, 1.807) is 12.1 Å². The molecule has 1 aliphatic heterocycles. The van der Waals surface area contributed by atoms with Crippen LogP contribution in [0, 0.1) is 11.3 Å². The van der Waals surface area contributed by atoms with Gasteiger partial charge in [0.1, 0.15) is 11.8 Å². The maximum Gasteiger partial charge on any atom is 0.304 e. The molecule has 1 unspecified atom stereocenters. The van der Waals surface area contributed by atoms with E-state index in [-0.39, 0.29) is 18.6 Å². The maximum atomic E-state index is 10.8. The molecule has 0 spiro atoms. The SMILES string of the molecule is CC(C)Oc1ccc(-c2nc(N3CCCc4cc(C(C)NCCC(=O)O)ccc43)no2)cc1C#N. The Labute approximate surface area is 204 Å². The maximum absolute atomic E-state index is 10.8. The van der Waals surface area contributed by atoms with Crippen molar-refractivity contribution in [3.63, 3.8) is 0 Å². The molecular weight excluding hydrogens is 446 g/mol. The van der Waals surface area contributed by atoms with E-state index in [1.807, 2.05) is 37.8 Å². The van der Waals surface area contributed by atoms with Crippen LogP contribution in [0.5, 0.6) is 5.75 Å². The minimum absolute atomic E-state index is 0.0360. The van der Waals surface area contributed by atoms with Crippen LogP contribution in [0.25, 0.3) is 11.5 Å². The van der Waals surface area contributed by atoms with Gasteiger partial charge in [-0.25, -0.2) is 0 Å². The van der Waals surface area contributed by atoms with E-state index in [1.165, 1.54) is 5.56 Å². The van der Waals surface area contributed by atoms with Gasteiger partial charge in [-0.15, -0.1) is 0 Å². The lowest BCUT2D eigenvalue weighted by atomic mass is 9.97. The minimum Gasteiger partial charge on any atom is -0.490 e.